The number of hydrogen-bond acceptors (Lipinski definition) is 3. The minimum absolute atomic E-state index is 0.0376. The summed E-state index contributed by atoms with van der Waals surface area (Å²) in [6.45, 7) is 8.78. The molecule has 5 heteroatoms. The Balaban J connectivity index is 1.84. The van der Waals surface area contributed by atoms with Crippen LogP contribution in [0.2, 0.25) is 0 Å². The maximum absolute atomic E-state index is 14.7. The lowest BCUT2D eigenvalue weighted by atomic mass is 9.88. The fourth-order valence-electron chi connectivity index (χ4n) is 4.40. The molecule has 2 aromatic heterocycles. The minimum atomic E-state index is -1.27. The summed E-state index contributed by atoms with van der Waals surface area (Å²) in [4.78, 5) is 10.5. The molecule has 1 aromatic carbocycles. The highest BCUT2D eigenvalue weighted by molar-refractivity contribution is 5.85. The summed E-state index contributed by atoms with van der Waals surface area (Å²) >= 11 is 0. The van der Waals surface area contributed by atoms with Crippen molar-refractivity contribution in [3.63, 3.8) is 0 Å². The highest BCUT2D eigenvalue weighted by atomic mass is 19.1. The lowest BCUT2D eigenvalue weighted by Gasteiger charge is -2.42. The predicted octanol–water partition coefficient (Wildman–Crippen LogP) is 5.08. The van der Waals surface area contributed by atoms with E-state index in [2.05, 4.69) is 64.4 Å². The van der Waals surface area contributed by atoms with Crippen LogP contribution in [0.3, 0.4) is 0 Å². The number of pyridine rings is 1. The highest BCUT2D eigenvalue weighted by Crippen LogP contribution is 2.41. The lowest BCUT2D eigenvalue weighted by Crippen LogP contribution is -2.47. The second-order valence-electron chi connectivity index (χ2n) is 8.42. The largest absolute Gasteiger partial charge is 0.370 e. The summed E-state index contributed by atoms with van der Waals surface area (Å²) in [6, 6.07) is 12.8. The molecule has 148 valence electrons. The van der Waals surface area contributed by atoms with Gasteiger partial charge in [0.15, 0.2) is 0 Å². The van der Waals surface area contributed by atoms with Crippen molar-refractivity contribution in [3.8, 4) is 0 Å². The van der Waals surface area contributed by atoms with Crippen molar-refractivity contribution in [1.82, 2.24) is 14.9 Å². The summed E-state index contributed by atoms with van der Waals surface area (Å²) in [5.41, 5.74) is 3.47. The van der Waals surface area contributed by atoms with E-state index in [1.165, 1.54) is 16.6 Å². The predicted molar refractivity (Wildman–Crippen MR) is 114 cm³/mol. The Bertz CT molecular complexity index is 955. The van der Waals surface area contributed by atoms with E-state index in [1.807, 2.05) is 12.3 Å². The minimum Gasteiger partial charge on any atom is -0.370 e. The molecule has 4 nitrogen and oxygen atoms in total. The van der Waals surface area contributed by atoms with Crippen LogP contribution in [0.4, 0.5) is 10.2 Å². The first-order chi connectivity index (χ1) is 13.4. The second-order valence-corrected chi connectivity index (χ2v) is 8.42. The molecule has 2 unspecified atom stereocenters. The molecular weight excluding hydrogens is 351 g/mol. The number of benzene rings is 1. The van der Waals surface area contributed by atoms with Gasteiger partial charge in [0.2, 0.25) is 0 Å². The van der Waals surface area contributed by atoms with Gasteiger partial charge in [-0.25, -0.2) is 9.37 Å². The molecule has 4 rings (SSSR count). The third-order valence-corrected chi connectivity index (χ3v) is 5.54. The van der Waals surface area contributed by atoms with E-state index in [4.69, 9.17) is 0 Å². The standard InChI is InChI=1S/C23H29FN4/c1-5-25-20-11-10-16(13-26-20)22-21-18(17-8-6-7-9-19(17)27-21)12-15(2)28(22)14-23(3,4)24/h6-11,13,15,22,27H,5,12,14H2,1-4H3,(H,25,26). The Morgan fingerprint density at radius 2 is 2.04 bits per heavy atom. The van der Waals surface area contributed by atoms with Crippen LogP contribution in [0.1, 0.15) is 50.6 Å². The van der Waals surface area contributed by atoms with Gasteiger partial charge < -0.3 is 10.3 Å². The number of halogens is 1. The van der Waals surface area contributed by atoms with Crippen LogP contribution in [-0.4, -0.2) is 39.7 Å². The molecule has 2 atom stereocenters. The molecule has 3 heterocycles. The number of aromatic amines is 1. The van der Waals surface area contributed by atoms with E-state index in [0.29, 0.717) is 6.54 Å². The average Bonchev–Trinajstić information content (AvgIpc) is 3.00. The lowest BCUT2D eigenvalue weighted by molar-refractivity contribution is 0.0667. The first kappa shape index (κ1) is 18.9. The Labute approximate surface area is 166 Å². The van der Waals surface area contributed by atoms with Gasteiger partial charge in [0, 0.05) is 41.9 Å². The number of alkyl halides is 1. The number of anilines is 1. The maximum atomic E-state index is 14.7. The SMILES string of the molecule is CCNc1ccc(C2c3[nH]c4ccccc4c3CC(C)N2CC(C)(C)F)cn1. The maximum Gasteiger partial charge on any atom is 0.125 e. The molecule has 0 fully saturated rings. The molecule has 0 saturated carbocycles. The summed E-state index contributed by atoms with van der Waals surface area (Å²) in [5.74, 6) is 0.865. The molecule has 2 N–H and O–H groups in total. The van der Waals surface area contributed by atoms with Gasteiger partial charge in [-0.05, 0) is 57.4 Å². The Kier molecular flexibility index (Phi) is 4.88. The van der Waals surface area contributed by atoms with Gasteiger partial charge in [0.1, 0.15) is 11.5 Å². The third kappa shape index (κ3) is 3.51. The normalized spacial score (nSPS) is 20.3. The van der Waals surface area contributed by atoms with Crippen molar-refractivity contribution < 1.29 is 4.39 Å². The zero-order chi connectivity index (χ0) is 19.9. The molecule has 0 saturated heterocycles. The van der Waals surface area contributed by atoms with Gasteiger partial charge in [-0.2, -0.15) is 0 Å². The number of H-pyrrole nitrogens is 1. The van der Waals surface area contributed by atoms with Crippen molar-refractivity contribution in [2.24, 2.45) is 0 Å². The number of rotatable bonds is 5. The molecule has 0 spiro atoms. The van der Waals surface area contributed by atoms with Crippen LogP contribution in [0, 0.1) is 0 Å². The summed E-state index contributed by atoms with van der Waals surface area (Å²) < 4.78 is 14.7. The van der Waals surface area contributed by atoms with Crippen molar-refractivity contribution in [1.29, 1.82) is 0 Å². The van der Waals surface area contributed by atoms with Crippen LogP contribution in [0.15, 0.2) is 42.6 Å². The number of aromatic nitrogens is 2. The molecule has 1 aliphatic heterocycles. The van der Waals surface area contributed by atoms with Gasteiger partial charge in [-0.1, -0.05) is 24.3 Å². The quantitative estimate of drug-likeness (QED) is 0.649. The zero-order valence-electron chi connectivity index (χ0n) is 17.1. The number of nitrogens with zero attached hydrogens (tertiary/aromatic N) is 2. The average molecular weight is 381 g/mol. The number of nitrogens with one attached hydrogen (secondary N) is 2. The van der Waals surface area contributed by atoms with Crippen molar-refractivity contribution in [3.05, 3.63) is 59.4 Å². The number of fused-ring (bicyclic) bond motifs is 3. The van der Waals surface area contributed by atoms with Crippen LogP contribution in [-0.2, 0) is 6.42 Å². The topological polar surface area (TPSA) is 44.0 Å². The van der Waals surface area contributed by atoms with Gasteiger partial charge in [-0.3, -0.25) is 4.90 Å². The third-order valence-electron chi connectivity index (χ3n) is 5.54. The van der Waals surface area contributed by atoms with E-state index in [9.17, 15) is 4.39 Å². The van der Waals surface area contributed by atoms with Gasteiger partial charge >= 0.3 is 0 Å². The molecule has 1 aliphatic rings. The van der Waals surface area contributed by atoms with Crippen molar-refractivity contribution in [2.45, 2.75) is 51.9 Å². The Hall–Kier alpha value is -2.40. The van der Waals surface area contributed by atoms with E-state index >= 15 is 0 Å². The van der Waals surface area contributed by atoms with Crippen molar-refractivity contribution >= 4 is 16.7 Å². The Morgan fingerprint density at radius 1 is 1.25 bits per heavy atom. The van der Waals surface area contributed by atoms with E-state index in [1.54, 1.807) is 13.8 Å². The fourth-order valence-corrected chi connectivity index (χ4v) is 4.40. The van der Waals surface area contributed by atoms with Gasteiger partial charge in [0.25, 0.3) is 0 Å². The van der Waals surface area contributed by atoms with Crippen LogP contribution in [0.25, 0.3) is 10.9 Å². The van der Waals surface area contributed by atoms with Gasteiger partial charge in [0.05, 0.1) is 6.04 Å². The number of para-hydroxylation sites is 1. The molecule has 28 heavy (non-hydrogen) atoms. The monoisotopic (exact) mass is 380 g/mol. The first-order valence-electron chi connectivity index (χ1n) is 10.1. The fraction of sp³-hybridized carbons (Fsp3) is 0.435. The number of hydrogen-bond donors (Lipinski definition) is 2. The van der Waals surface area contributed by atoms with E-state index in [-0.39, 0.29) is 12.1 Å². The molecule has 0 amide bonds. The van der Waals surface area contributed by atoms with E-state index in [0.717, 1.165) is 29.9 Å². The smallest absolute Gasteiger partial charge is 0.125 e. The summed E-state index contributed by atoms with van der Waals surface area (Å²) in [5, 5.41) is 4.51. The van der Waals surface area contributed by atoms with Crippen LogP contribution in [0.5, 0.6) is 0 Å². The summed E-state index contributed by atoms with van der Waals surface area (Å²) in [7, 11) is 0. The van der Waals surface area contributed by atoms with Crippen LogP contribution >= 0.6 is 0 Å². The highest BCUT2D eigenvalue weighted by Gasteiger charge is 2.38. The van der Waals surface area contributed by atoms with E-state index < -0.39 is 5.67 Å². The first-order valence-corrected chi connectivity index (χ1v) is 10.1. The molecule has 0 radical (unpaired) electrons. The molecule has 3 aromatic rings. The molecule has 0 aliphatic carbocycles. The Morgan fingerprint density at radius 3 is 2.71 bits per heavy atom. The van der Waals surface area contributed by atoms with Crippen molar-refractivity contribution in [2.75, 3.05) is 18.4 Å². The summed E-state index contributed by atoms with van der Waals surface area (Å²) in [6.07, 6.45) is 2.84. The van der Waals surface area contributed by atoms with Gasteiger partial charge in [-0.15, -0.1) is 0 Å². The second kappa shape index (κ2) is 7.21. The van der Waals surface area contributed by atoms with Crippen LogP contribution < -0.4 is 5.32 Å². The molecule has 0 bridgehead atoms. The molecular formula is C23H29FN4. The zero-order valence-corrected chi connectivity index (χ0v) is 17.1.